The number of aliphatic hydroxyl groups excluding tert-OH is 1. The molecule has 7 nitrogen and oxygen atoms in total. The molecule has 2 saturated heterocycles. The number of hydrogen-bond donors (Lipinski definition) is 1. The molecule has 7 heteroatoms. The summed E-state index contributed by atoms with van der Waals surface area (Å²) in [6, 6.07) is 18.0. The quantitative estimate of drug-likeness (QED) is 0.577. The smallest absolute Gasteiger partial charge is 0.338 e. The summed E-state index contributed by atoms with van der Waals surface area (Å²) >= 11 is 0. The van der Waals surface area contributed by atoms with E-state index >= 15 is 0 Å². The van der Waals surface area contributed by atoms with Crippen molar-refractivity contribution in [3.8, 4) is 0 Å². The summed E-state index contributed by atoms with van der Waals surface area (Å²) in [6.07, 6.45) is -3.65. The second-order valence-electron chi connectivity index (χ2n) is 7.07. The number of ether oxygens (including phenoxy) is 5. The highest BCUT2D eigenvalue weighted by molar-refractivity contribution is 5.89. The summed E-state index contributed by atoms with van der Waals surface area (Å²) in [6.45, 7) is 3.98. The molecule has 30 heavy (non-hydrogen) atoms. The molecule has 4 rings (SSSR count). The van der Waals surface area contributed by atoms with Gasteiger partial charge in [0.15, 0.2) is 18.7 Å². The highest BCUT2D eigenvalue weighted by Crippen LogP contribution is 2.35. The summed E-state index contributed by atoms with van der Waals surface area (Å²) < 4.78 is 29.0. The fourth-order valence-electron chi connectivity index (χ4n) is 3.54. The van der Waals surface area contributed by atoms with Crippen LogP contribution in [0.15, 0.2) is 73.3 Å². The first-order valence-corrected chi connectivity index (χ1v) is 9.81. The summed E-state index contributed by atoms with van der Waals surface area (Å²) in [7, 11) is 0. The van der Waals surface area contributed by atoms with Gasteiger partial charge >= 0.3 is 5.97 Å². The van der Waals surface area contributed by atoms with E-state index in [1.54, 1.807) is 36.4 Å². The van der Waals surface area contributed by atoms with Gasteiger partial charge in [0.05, 0.1) is 18.8 Å². The van der Waals surface area contributed by atoms with Gasteiger partial charge in [0.25, 0.3) is 0 Å². The second kappa shape index (κ2) is 9.51. The molecule has 0 aromatic heterocycles. The standard InChI is InChI=1S/C23H24O7/c1-2-13-26-23-18(24)20(29-21(25)15-9-5-3-6-10-15)19-17(28-23)14-27-22(30-19)16-11-7-4-8-12-16/h2-12,17-20,22-24H,1,13-14H2/t17-,18-,19+,20-,22?,23-/m1/s1. The van der Waals surface area contributed by atoms with Crippen LogP contribution in [0.2, 0.25) is 0 Å². The molecule has 0 aliphatic carbocycles. The molecule has 158 valence electrons. The van der Waals surface area contributed by atoms with Gasteiger partial charge in [0.2, 0.25) is 0 Å². The molecule has 6 atom stereocenters. The fraction of sp³-hybridized carbons (Fsp3) is 0.348. The Morgan fingerprint density at radius 3 is 2.50 bits per heavy atom. The number of esters is 1. The molecule has 0 radical (unpaired) electrons. The molecule has 1 N–H and O–H groups in total. The molecule has 0 bridgehead atoms. The van der Waals surface area contributed by atoms with Crippen molar-refractivity contribution in [1.82, 2.24) is 0 Å². The van der Waals surface area contributed by atoms with Crippen molar-refractivity contribution in [2.45, 2.75) is 37.0 Å². The molecular formula is C23H24O7. The maximum absolute atomic E-state index is 12.7. The highest BCUT2D eigenvalue weighted by atomic mass is 16.8. The van der Waals surface area contributed by atoms with Crippen LogP contribution in [0, 0.1) is 0 Å². The molecule has 2 aliphatic rings. The van der Waals surface area contributed by atoms with Crippen molar-refractivity contribution in [2.75, 3.05) is 13.2 Å². The summed E-state index contributed by atoms with van der Waals surface area (Å²) in [5.74, 6) is -0.561. The number of hydrogen-bond acceptors (Lipinski definition) is 7. The topological polar surface area (TPSA) is 83.5 Å². The van der Waals surface area contributed by atoms with Crippen molar-refractivity contribution in [1.29, 1.82) is 0 Å². The Balaban J connectivity index is 1.56. The lowest BCUT2D eigenvalue weighted by atomic mass is 9.97. The second-order valence-corrected chi connectivity index (χ2v) is 7.07. The van der Waals surface area contributed by atoms with Crippen molar-refractivity contribution < 1.29 is 33.6 Å². The minimum Gasteiger partial charge on any atom is -0.453 e. The zero-order chi connectivity index (χ0) is 20.9. The van der Waals surface area contributed by atoms with Gasteiger partial charge in [0, 0.05) is 5.56 Å². The largest absolute Gasteiger partial charge is 0.453 e. The molecule has 2 aliphatic heterocycles. The lowest BCUT2D eigenvalue weighted by molar-refractivity contribution is -0.359. The maximum atomic E-state index is 12.7. The Labute approximate surface area is 174 Å². The van der Waals surface area contributed by atoms with Crippen molar-refractivity contribution in [2.24, 2.45) is 0 Å². The van der Waals surface area contributed by atoms with Gasteiger partial charge in [-0.25, -0.2) is 4.79 Å². The molecule has 2 fully saturated rings. The normalized spacial score (nSPS) is 30.8. The van der Waals surface area contributed by atoms with Gasteiger partial charge in [-0.15, -0.1) is 6.58 Å². The molecular weight excluding hydrogens is 388 g/mol. The highest BCUT2D eigenvalue weighted by Gasteiger charge is 2.52. The van der Waals surface area contributed by atoms with E-state index in [0.29, 0.717) is 5.56 Å². The first-order chi connectivity index (χ1) is 14.7. The third-order valence-electron chi connectivity index (χ3n) is 5.01. The summed E-state index contributed by atoms with van der Waals surface area (Å²) in [4.78, 5) is 12.7. The predicted molar refractivity (Wildman–Crippen MR) is 106 cm³/mol. The summed E-state index contributed by atoms with van der Waals surface area (Å²) in [5, 5.41) is 10.9. The first kappa shape index (κ1) is 20.7. The van der Waals surface area contributed by atoms with Gasteiger partial charge in [0.1, 0.15) is 18.3 Å². The number of fused-ring (bicyclic) bond motifs is 1. The van der Waals surface area contributed by atoms with Gasteiger partial charge in [-0.3, -0.25) is 0 Å². The molecule has 2 aromatic carbocycles. The average molecular weight is 412 g/mol. The van der Waals surface area contributed by atoms with Crippen LogP contribution in [0.4, 0.5) is 0 Å². The van der Waals surface area contributed by atoms with Crippen LogP contribution in [-0.2, 0) is 23.7 Å². The Kier molecular flexibility index (Phi) is 6.56. The minimum atomic E-state index is -1.24. The molecule has 0 spiro atoms. The molecule has 1 unspecified atom stereocenters. The van der Waals surface area contributed by atoms with Gasteiger partial charge < -0.3 is 28.8 Å². The Bertz CT molecular complexity index is 841. The van der Waals surface area contributed by atoms with Gasteiger partial charge in [-0.05, 0) is 12.1 Å². The van der Waals surface area contributed by atoms with E-state index in [2.05, 4.69) is 6.58 Å². The lowest BCUT2D eigenvalue weighted by Crippen LogP contribution is -2.63. The van der Waals surface area contributed by atoms with Gasteiger partial charge in [-0.2, -0.15) is 0 Å². The Hall–Kier alpha value is -2.55. The van der Waals surface area contributed by atoms with E-state index in [9.17, 15) is 9.90 Å². The Morgan fingerprint density at radius 2 is 1.80 bits per heavy atom. The fourth-order valence-corrected chi connectivity index (χ4v) is 3.54. The van der Waals surface area contributed by atoms with Gasteiger partial charge in [-0.1, -0.05) is 54.6 Å². The van der Waals surface area contributed by atoms with Crippen LogP contribution in [-0.4, -0.2) is 55.0 Å². The number of carbonyl (C=O) groups is 1. The number of aliphatic hydroxyl groups is 1. The van der Waals surface area contributed by atoms with E-state index in [1.165, 1.54) is 0 Å². The number of rotatable bonds is 6. The lowest BCUT2D eigenvalue weighted by Gasteiger charge is -2.47. The molecule has 2 heterocycles. The molecule has 0 saturated carbocycles. The van der Waals surface area contributed by atoms with Crippen LogP contribution < -0.4 is 0 Å². The zero-order valence-corrected chi connectivity index (χ0v) is 16.3. The molecule has 2 aromatic rings. The van der Waals surface area contributed by atoms with E-state index < -0.39 is 43.0 Å². The van der Waals surface area contributed by atoms with E-state index in [0.717, 1.165) is 5.56 Å². The van der Waals surface area contributed by atoms with Crippen molar-refractivity contribution >= 4 is 5.97 Å². The van der Waals surface area contributed by atoms with Crippen LogP contribution in [0.3, 0.4) is 0 Å². The van der Waals surface area contributed by atoms with Crippen LogP contribution >= 0.6 is 0 Å². The third kappa shape index (κ3) is 4.45. The maximum Gasteiger partial charge on any atom is 0.338 e. The van der Waals surface area contributed by atoms with E-state index in [4.69, 9.17) is 23.7 Å². The van der Waals surface area contributed by atoms with Crippen LogP contribution in [0.1, 0.15) is 22.2 Å². The summed E-state index contributed by atoms with van der Waals surface area (Å²) in [5.41, 5.74) is 1.20. The van der Waals surface area contributed by atoms with Crippen LogP contribution in [0.5, 0.6) is 0 Å². The predicted octanol–water partition coefficient (Wildman–Crippen LogP) is 2.61. The average Bonchev–Trinajstić information content (AvgIpc) is 2.80. The SMILES string of the molecule is C=CCO[C@@H]1O[C@@H]2COC(c3ccccc3)O[C@@H]2[C@H](OC(=O)c2ccccc2)[C@H]1O. The van der Waals surface area contributed by atoms with E-state index in [-0.39, 0.29) is 13.2 Å². The third-order valence-corrected chi connectivity index (χ3v) is 5.01. The van der Waals surface area contributed by atoms with E-state index in [1.807, 2.05) is 30.3 Å². The monoisotopic (exact) mass is 412 g/mol. The van der Waals surface area contributed by atoms with Crippen molar-refractivity contribution in [3.63, 3.8) is 0 Å². The Morgan fingerprint density at radius 1 is 1.10 bits per heavy atom. The van der Waals surface area contributed by atoms with Crippen LogP contribution in [0.25, 0.3) is 0 Å². The van der Waals surface area contributed by atoms with Crippen molar-refractivity contribution in [3.05, 3.63) is 84.4 Å². The zero-order valence-electron chi connectivity index (χ0n) is 16.3. The number of carbonyl (C=O) groups excluding carboxylic acids is 1. The minimum absolute atomic E-state index is 0.173. The first-order valence-electron chi connectivity index (χ1n) is 9.81. The number of benzene rings is 2. The molecule has 0 amide bonds.